The quantitative estimate of drug-likeness (QED) is 0.211. The Hall–Kier alpha value is -4.24. The molecule has 4 aromatic rings. The minimum Gasteiger partial charge on any atom is -0.405 e. The number of pyridine rings is 1. The number of alkyl halides is 3. The molecule has 0 spiro atoms. The minimum absolute atomic E-state index is 0.0463. The van der Waals surface area contributed by atoms with Gasteiger partial charge in [0.1, 0.15) is 17.0 Å². The lowest BCUT2D eigenvalue weighted by atomic mass is 9.98. The number of nitrogens with one attached hydrogen (secondary N) is 2. The summed E-state index contributed by atoms with van der Waals surface area (Å²) in [4.78, 5) is 28.6. The number of likely N-dealkylation sites (N-methyl/N-ethyl adjacent to an activating group) is 1. The average molecular weight is 591 g/mol. The van der Waals surface area contributed by atoms with Crippen molar-refractivity contribution in [1.29, 1.82) is 0 Å². The number of fused-ring (bicyclic) bond motifs is 2. The van der Waals surface area contributed by atoms with Gasteiger partial charge in [-0.1, -0.05) is 12.1 Å². The normalized spacial score (nSPS) is 14.5. The zero-order chi connectivity index (χ0) is 29.5. The third kappa shape index (κ3) is 6.25. The zero-order valence-corrected chi connectivity index (χ0v) is 23.5. The summed E-state index contributed by atoms with van der Waals surface area (Å²) in [5, 5.41) is 3.16. The average Bonchev–Trinajstić information content (AvgIpc) is 3.13. The van der Waals surface area contributed by atoms with Crippen LogP contribution in [0.4, 0.5) is 30.6 Å². The number of benzene rings is 1. The van der Waals surface area contributed by atoms with Gasteiger partial charge in [0.15, 0.2) is 11.5 Å². The highest BCUT2D eigenvalue weighted by Gasteiger charge is 2.33. The van der Waals surface area contributed by atoms with Gasteiger partial charge in [-0.25, -0.2) is 19.3 Å². The Bertz CT molecular complexity index is 1740. The van der Waals surface area contributed by atoms with Crippen LogP contribution in [0.1, 0.15) is 11.1 Å². The number of ether oxygens (including phenoxy) is 1. The maximum atomic E-state index is 13.2. The summed E-state index contributed by atoms with van der Waals surface area (Å²) >= 11 is 0. The fourth-order valence-electron chi connectivity index (χ4n) is 4.71. The van der Waals surface area contributed by atoms with Crippen molar-refractivity contribution in [2.24, 2.45) is 0 Å². The van der Waals surface area contributed by atoms with Gasteiger partial charge < -0.3 is 19.7 Å². The number of hydrogen-bond acceptors (Lipinski definition) is 8. The molecule has 0 fully saturated rings. The maximum absolute atomic E-state index is 13.2. The van der Waals surface area contributed by atoms with Crippen LogP contribution in [-0.2, 0) is 29.6 Å². The molecule has 0 radical (unpaired) electrons. The van der Waals surface area contributed by atoms with Crippen LogP contribution in [0.3, 0.4) is 0 Å². The lowest BCUT2D eigenvalue weighted by Gasteiger charge is -2.27. The Kier molecular flexibility index (Phi) is 7.33. The number of thiol groups is 1. The second-order valence-electron chi connectivity index (χ2n) is 10.0. The molecule has 3 aromatic heterocycles. The number of halogens is 3. The fraction of sp³-hybridized carbons (Fsp3) is 0.308. The Morgan fingerprint density at radius 2 is 2.00 bits per heavy atom. The van der Waals surface area contributed by atoms with E-state index in [4.69, 9.17) is 0 Å². The first kappa shape index (κ1) is 28.3. The molecule has 0 atom stereocenters. The lowest BCUT2D eigenvalue weighted by Crippen LogP contribution is -2.28. The van der Waals surface area contributed by atoms with Gasteiger partial charge in [-0.2, -0.15) is 4.98 Å². The fourth-order valence-corrected chi connectivity index (χ4v) is 5.38. The van der Waals surface area contributed by atoms with Crippen LogP contribution < -0.4 is 20.3 Å². The molecule has 5 rings (SSSR count). The maximum Gasteiger partial charge on any atom is 0.573 e. The van der Waals surface area contributed by atoms with Crippen LogP contribution in [0.5, 0.6) is 5.75 Å². The molecule has 0 amide bonds. The Labute approximate surface area is 234 Å². The minimum atomic E-state index is -4.85. The summed E-state index contributed by atoms with van der Waals surface area (Å²) in [6, 6.07) is 8.02. The van der Waals surface area contributed by atoms with Gasteiger partial charge in [0.25, 0.3) is 5.56 Å². The number of anilines is 3. The molecule has 1 aliphatic rings. The third-order valence-corrected chi connectivity index (χ3v) is 7.05. The van der Waals surface area contributed by atoms with E-state index in [1.54, 1.807) is 42.9 Å². The molecule has 1 aliphatic heterocycles. The van der Waals surface area contributed by atoms with Gasteiger partial charge in [-0.05, 0) is 47.3 Å². The van der Waals surface area contributed by atoms with E-state index in [9.17, 15) is 22.2 Å². The summed E-state index contributed by atoms with van der Waals surface area (Å²) in [7, 11) is -0.784. The van der Waals surface area contributed by atoms with E-state index in [1.165, 1.54) is 21.6 Å². The van der Waals surface area contributed by atoms with E-state index in [2.05, 4.69) is 36.3 Å². The van der Waals surface area contributed by atoms with E-state index in [0.29, 0.717) is 48.0 Å². The lowest BCUT2D eigenvalue weighted by molar-refractivity contribution is -0.274. The predicted octanol–water partition coefficient (Wildman–Crippen LogP) is 3.40. The highest BCUT2D eigenvalue weighted by molar-refractivity contribution is 8.02. The van der Waals surface area contributed by atoms with E-state index < -0.39 is 16.5 Å². The van der Waals surface area contributed by atoms with Crippen LogP contribution >= 0.6 is 0 Å². The molecule has 218 valence electrons. The van der Waals surface area contributed by atoms with Crippen molar-refractivity contribution in [3.63, 3.8) is 0 Å². The van der Waals surface area contributed by atoms with Gasteiger partial charge in [-0.15, -0.1) is 19.8 Å². The number of rotatable bonds is 8. The highest BCUT2D eigenvalue weighted by atomic mass is 32.3. The number of hydrogen-bond donors (Lipinski definition) is 3. The summed E-state index contributed by atoms with van der Waals surface area (Å²) in [5.41, 5.74) is 1.31. The molecule has 2 N–H and O–H groups in total. The molecular weight excluding hydrogens is 561 g/mol. The van der Waals surface area contributed by atoms with Crippen molar-refractivity contribution >= 4 is 38.6 Å². The monoisotopic (exact) mass is 590 g/mol. The van der Waals surface area contributed by atoms with Crippen LogP contribution in [0.2, 0.25) is 0 Å². The summed E-state index contributed by atoms with van der Waals surface area (Å²) in [6.07, 6.45) is 1.58. The molecule has 0 aliphatic carbocycles. The molecule has 41 heavy (non-hydrogen) atoms. The number of allylic oxidation sites excluding steroid dienone is 1. The Morgan fingerprint density at radius 1 is 1.22 bits per heavy atom. The second kappa shape index (κ2) is 10.6. The summed E-state index contributed by atoms with van der Waals surface area (Å²) in [5.74, 6) is 0.432. The standard InChI is InChI=1S/C26H29F3N8O3S/c1-5-10-36-24(38)19-14-30-25(33-23(19)37(36)22-8-6-7-21(32-22)34-41(3,4)39)31-17-12-16-15-35(2)11-9-18(16)20(13-17)40-26(27,28)29/h5-8,12-14,41H,1,9-11,15H2,2-4H3,(H,30,31,33)(H,32,34,39). The first-order valence-corrected chi connectivity index (χ1v) is 15.2. The van der Waals surface area contributed by atoms with Gasteiger partial charge in [0.2, 0.25) is 5.95 Å². The van der Waals surface area contributed by atoms with Gasteiger partial charge in [0.05, 0.1) is 6.54 Å². The van der Waals surface area contributed by atoms with Crippen molar-refractivity contribution in [1.82, 2.24) is 29.2 Å². The Morgan fingerprint density at radius 3 is 2.71 bits per heavy atom. The van der Waals surface area contributed by atoms with Crippen LogP contribution in [0.25, 0.3) is 16.9 Å². The summed E-state index contributed by atoms with van der Waals surface area (Å²) < 4.78 is 62.0. The Balaban J connectivity index is 1.60. The topological polar surface area (TPSA) is 119 Å². The van der Waals surface area contributed by atoms with Crippen molar-refractivity contribution in [3.05, 3.63) is 70.7 Å². The zero-order valence-electron chi connectivity index (χ0n) is 22.6. The number of nitrogens with zero attached hydrogens (tertiary/aromatic N) is 6. The first-order chi connectivity index (χ1) is 19.3. The van der Waals surface area contributed by atoms with Crippen molar-refractivity contribution in [2.45, 2.75) is 25.9 Å². The molecule has 0 saturated carbocycles. The van der Waals surface area contributed by atoms with Crippen molar-refractivity contribution < 1.29 is 22.1 Å². The molecule has 0 saturated heterocycles. The van der Waals surface area contributed by atoms with Crippen molar-refractivity contribution in [2.75, 3.05) is 36.1 Å². The van der Waals surface area contributed by atoms with E-state index in [-0.39, 0.29) is 34.8 Å². The van der Waals surface area contributed by atoms with Crippen LogP contribution in [0.15, 0.2) is 54.0 Å². The van der Waals surface area contributed by atoms with Crippen LogP contribution in [-0.4, -0.2) is 65.9 Å². The summed E-state index contributed by atoms with van der Waals surface area (Å²) in [6.45, 7) is 4.91. The highest BCUT2D eigenvalue weighted by Crippen LogP contribution is 2.35. The largest absolute Gasteiger partial charge is 0.573 e. The molecule has 0 bridgehead atoms. The first-order valence-electron chi connectivity index (χ1n) is 12.6. The van der Waals surface area contributed by atoms with Gasteiger partial charge in [-0.3, -0.25) is 9.00 Å². The molecule has 0 unspecified atom stereocenters. The van der Waals surface area contributed by atoms with E-state index in [0.717, 1.165) is 0 Å². The SMILES string of the molecule is C=CCn1c(=O)c2cnc(Nc3cc4c(c(OC(F)(F)F)c3)CCN(C)C4)nc2n1-c1cccc(N[SH](C)(C)=O)n1. The molecule has 15 heteroatoms. The van der Waals surface area contributed by atoms with Gasteiger partial charge in [0, 0.05) is 49.1 Å². The molecular formula is C26H29F3N8O3S. The van der Waals surface area contributed by atoms with E-state index in [1.807, 2.05) is 11.9 Å². The molecule has 4 heterocycles. The molecule has 11 nitrogen and oxygen atoms in total. The smallest absolute Gasteiger partial charge is 0.405 e. The van der Waals surface area contributed by atoms with Gasteiger partial charge >= 0.3 is 6.36 Å². The predicted molar refractivity (Wildman–Crippen MR) is 153 cm³/mol. The number of aromatic nitrogens is 5. The van der Waals surface area contributed by atoms with E-state index >= 15 is 0 Å². The van der Waals surface area contributed by atoms with Crippen molar-refractivity contribution in [3.8, 4) is 11.6 Å². The third-order valence-electron chi connectivity index (χ3n) is 6.28. The second-order valence-corrected chi connectivity index (χ2v) is 13.0. The van der Waals surface area contributed by atoms with Crippen LogP contribution in [0, 0.1) is 0 Å². The molecule has 1 aromatic carbocycles.